The Morgan fingerprint density at radius 2 is 1.43 bits per heavy atom. The van der Waals surface area contributed by atoms with E-state index in [-0.39, 0.29) is 26.9 Å². The summed E-state index contributed by atoms with van der Waals surface area (Å²) in [5.41, 5.74) is -0.0765. The van der Waals surface area contributed by atoms with E-state index in [1.165, 1.54) is 18.2 Å². The van der Waals surface area contributed by atoms with Crippen molar-refractivity contribution < 1.29 is 23.9 Å². The van der Waals surface area contributed by atoms with E-state index in [2.05, 4.69) is 0 Å². The highest BCUT2D eigenvalue weighted by Gasteiger charge is 2.74. The van der Waals surface area contributed by atoms with Crippen molar-refractivity contribution in [3.63, 3.8) is 0 Å². The third-order valence-electron chi connectivity index (χ3n) is 7.10. The topological polar surface area (TPSA) is 80.8 Å². The minimum Gasteiger partial charge on any atom is -0.349 e. The van der Waals surface area contributed by atoms with Crippen molar-refractivity contribution in [3.8, 4) is 0 Å². The van der Waals surface area contributed by atoms with E-state index in [4.69, 9.17) is 27.9 Å². The van der Waals surface area contributed by atoms with Crippen LogP contribution in [0, 0.1) is 18.8 Å². The van der Waals surface area contributed by atoms with Gasteiger partial charge in [0, 0.05) is 11.1 Å². The summed E-state index contributed by atoms with van der Waals surface area (Å²) < 4.78 is 6.26. The number of nitrogens with zero attached hydrogens (tertiary/aromatic N) is 1. The highest BCUT2D eigenvalue weighted by atomic mass is 35.5. The van der Waals surface area contributed by atoms with Gasteiger partial charge in [-0.2, -0.15) is 0 Å². The largest absolute Gasteiger partial charge is 0.349 e. The predicted molar refractivity (Wildman–Crippen MR) is 129 cm³/mol. The van der Waals surface area contributed by atoms with E-state index >= 15 is 0 Å². The molecule has 3 atom stereocenters. The Bertz CT molecular complexity index is 1430. The molecular weight excluding hydrogens is 489 g/mol. The number of hydrogen-bond acceptors (Lipinski definition) is 5. The lowest BCUT2D eigenvalue weighted by atomic mass is 9.77. The second kappa shape index (κ2) is 7.59. The first kappa shape index (κ1) is 22.2. The summed E-state index contributed by atoms with van der Waals surface area (Å²) >= 11 is 12.5. The molecule has 3 aromatic carbocycles. The van der Waals surface area contributed by atoms with Gasteiger partial charge in [0.05, 0.1) is 33.7 Å². The molecule has 3 aromatic rings. The van der Waals surface area contributed by atoms with Crippen LogP contribution in [0.2, 0.25) is 10.0 Å². The summed E-state index contributed by atoms with van der Waals surface area (Å²) in [4.78, 5) is 56.2. The molecule has 0 radical (unpaired) electrons. The Morgan fingerprint density at radius 3 is 2.06 bits per heavy atom. The molecule has 1 spiro atoms. The SMILES string of the molecule is Cc1ccc([C@H]2OC3(C(=O)c4ccccc4C3=O)[C@H]3C(=O)N(c4cccc(Cl)c4Cl)C(=O)[C@H]23)cc1. The number of carbonyl (C=O) groups excluding carboxylic acids is 4. The Morgan fingerprint density at radius 1 is 0.800 bits per heavy atom. The fourth-order valence-corrected chi connectivity index (χ4v) is 5.86. The van der Waals surface area contributed by atoms with Gasteiger partial charge in [-0.25, -0.2) is 4.90 Å². The van der Waals surface area contributed by atoms with Gasteiger partial charge >= 0.3 is 0 Å². The van der Waals surface area contributed by atoms with Crippen LogP contribution < -0.4 is 4.90 Å². The van der Waals surface area contributed by atoms with Crippen LogP contribution in [0.15, 0.2) is 66.7 Å². The summed E-state index contributed by atoms with van der Waals surface area (Å²) in [5.74, 6) is -4.96. The van der Waals surface area contributed by atoms with Crippen LogP contribution in [0.4, 0.5) is 5.69 Å². The van der Waals surface area contributed by atoms with Gasteiger partial charge in [-0.15, -0.1) is 0 Å². The molecule has 0 bridgehead atoms. The monoisotopic (exact) mass is 505 g/mol. The Hall–Kier alpha value is -3.32. The molecule has 3 aliphatic rings. The number of ketones is 2. The van der Waals surface area contributed by atoms with Crippen LogP contribution in [0.3, 0.4) is 0 Å². The van der Waals surface area contributed by atoms with Crippen molar-refractivity contribution >= 4 is 52.3 Å². The Kier molecular flexibility index (Phi) is 4.81. The number of amides is 2. The number of ether oxygens (including phenoxy) is 1. The number of fused-ring (bicyclic) bond motifs is 3. The molecule has 1 aliphatic carbocycles. The molecule has 0 saturated carbocycles. The maximum absolute atomic E-state index is 13.9. The highest BCUT2D eigenvalue weighted by Crippen LogP contribution is 2.58. The van der Waals surface area contributed by atoms with E-state index in [0.717, 1.165) is 10.5 Å². The third-order valence-corrected chi connectivity index (χ3v) is 7.91. The molecule has 174 valence electrons. The fourth-order valence-electron chi connectivity index (χ4n) is 5.48. The molecule has 0 aromatic heterocycles. The molecule has 2 amide bonds. The van der Waals surface area contributed by atoms with Crippen LogP contribution in [0.1, 0.15) is 37.9 Å². The zero-order valence-corrected chi connectivity index (χ0v) is 19.8. The van der Waals surface area contributed by atoms with E-state index in [1.54, 1.807) is 36.4 Å². The quantitative estimate of drug-likeness (QED) is 0.361. The van der Waals surface area contributed by atoms with Crippen molar-refractivity contribution in [1.82, 2.24) is 0 Å². The normalized spacial score (nSPS) is 24.4. The number of halogens is 2. The van der Waals surface area contributed by atoms with Crippen LogP contribution >= 0.6 is 23.2 Å². The molecule has 2 aliphatic heterocycles. The van der Waals surface area contributed by atoms with Gasteiger partial charge in [-0.3, -0.25) is 19.2 Å². The van der Waals surface area contributed by atoms with Crippen LogP contribution in [-0.4, -0.2) is 29.0 Å². The molecule has 6 nitrogen and oxygen atoms in total. The lowest BCUT2D eigenvalue weighted by Crippen LogP contribution is -2.51. The maximum atomic E-state index is 13.9. The maximum Gasteiger partial charge on any atom is 0.241 e. The van der Waals surface area contributed by atoms with Crippen LogP contribution in [0.5, 0.6) is 0 Å². The van der Waals surface area contributed by atoms with Crippen molar-refractivity contribution in [1.29, 1.82) is 0 Å². The average molecular weight is 506 g/mol. The van der Waals surface area contributed by atoms with Gasteiger partial charge in [0.25, 0.3) is 0 Å². The number of carbonyl (C=O) groups is 4. The molecule has 2 heterocycles. The first-order chi connectivity index (χ1) is 16.8. The van der Waals surface area contributed by atoms with Crippen LogP contribution in [0.25, 0.3) is 0 Å². The van der Waals surface area contributed by atoms with Gasteiger partial charge in [0.2, 0.25) is 29.0 Å². The summed E-state index contributed by atoms with van der Waals surface area (Å²) in [6.45, 7) is 1.91. The molecule has 2 fully saturated rings. The highest BCUT2D eigenvalue weighted by molar-refractivity contribution is 6.45. The van der Waals surface area contributed by atoms with E-state index in [0.29, 0.717) is 5.56 Å². The molecule has 0 N–H and O–H groups in total. The molecule has 6 rings (SSSR count). The first-order valence-electron chi connectivity index (χ1n) is 11.0. The Labute approximate surface area is 210 Å². The number of hydrogen-bond donors (Lipinski definition) is 0. The standard InChI is InChI=1S/C27H17Cl2NO5/c1-13-9-11-14(12-10-13)22-19-20(26(34)30(25(19)33)18-8-4-7-17(28)21(18)29)27(35-22)23(31)15-5-2-3-6-16(15)24(27)32/h2-12,19-20,22H,1H3/t19-,20+,22+/m0/s1. The minimum atomic E-state index is -2.13. The number of benzene rings is 3. The molecule has 0 unspecified atom stereocenters. The predicted octanol–water partition coefficient (Wildman–Crippen LogP) is 5.00. The smallest absolute Gasteiger partial charge is 0.241 e. The van der Waals surface area contributed by atoms with Gasteiger partial charge in [-0.1, -0.05) is 83.4 Å². The van der Waals surface area contributed by atoms with Crippen molar-refractivity contribution in [2.24, 2.45) is 11.8 Å². The second-order valence-electron chi connectivity index (χ2n) is 8.98. The van der Waals surface area contributed by atoms with E-state index in [9.17, 15) is 19.2 Å². The molecule has 35 heavy (non-hydrogen) atoms. The van der Waals surface area contributed by atoms with Crippen molar-refractivity contribution in [2.75, 3.05) is 4.90 Å². The third kappa shape index (κ3) is 2.82. The molecule has 8 heteroatoms. The zero-order chi connectivity index (χ0) is 24.6. The van der Waals surface area contributed by atoms with Crippen molar-refractivity contribution in [3.05, 3.63) is 99.0 Å². The Balaban J connectivity index is 1.56. The number of anilines is 1. The lowest BCUT2D eigenvalue weighted by molar-refractivity contribution is -0.127. The number of aryl methyl sites for hydroxylation is 1. The van der Waals surface area contributed by atoms with E-state index in [1.807, 2.05) is 19.1 Å². The zero-order valence-electron chi connectivity index (χ0n) is 18.3. The first-order valence-corrected chi connectivity index (χ1v) is 11.8. The summed E-state index contributed by atoms with van der Waals surface area (Å²) in [7, 11) is 0. The summed E-state index contributed by atoms with van der Waals surface area (Å²) in [5, 5.41) is 0.202. The molecule has 2 saturated heterocycles. The van der Waals surface area contributed by atoms with Gasteiger partial charge in [-0.05, 0) is 24.6 Å². The van der Waals surface area contributed by atoms with E-state index < -0.39 is 46.9 Å². The number of imide groups is 1. The van der Waals surface area contributed by atoms with Crippen molar-refractivity contribution in [2.45, 2.75) is 18.6 Å². The molecular formula is C27H17Cl2NO5. The lowest BCUT2D eigenvalue weighted by Gasteiger charge is -2.27. The van der Waals surface area contributed by atoms with Gasteiger partial charge in [0.15, 0.2) is 0 Å². The fraction of sp³-hybridized carbons (Fsp3) is 0.185. The minimum absolute atomic E-state index is 0.0325. The van der Waals surface area contributed by atoms with Gasteiger partial charge in [0.1, 0.15) is 0 Å². The number of rotatable bonds is 2. The second-order valence-corrected chi connectivity index (χ2v) is 9.76. The summed E-state index contributed by atoms with van der Waals surface area (Å²) in [6.07, 6.45) is -0.984. The van der Waals surface area contributed by atoms with Crippen LogP contribution in [-0.2, 0) is 14.3 Å². The summed E-state index contributed by atoms with van der Waals surface area (Å²) in [6, 6.07) is 18.2. The number of Topliss-reactive ketones (excluding diaryl/α,β-unsaturated/α-hetero) is 2. The average Bonchev–Trinajstić information content (AvgIpc) is 3.42. The van der Waals surface area contributed by atoms with Gasteiger partial charge < -0.3 is 4.74 Å².